The summed E-state index contributed by atoms with van der Waals surface area (Å²) >= 11 is 6.22. The lowest BCUT2D eigenvalue weighted by Gasteiger charge is -2.11. The molecule has 0 spiro atoms. The van der Waals surface area contributed by atoms with Crippen LogP contribution in [0.1, 0.15) is 21.3 Å². The van der Waals surface area contributed by atoms with Gasteiger partial charge in [0.2, 0.25) is 0 Å². The average Bonchev–Trinajstić information content (AvgIpc) is 2.46. The van der Waals surface area contributed by atoms with E-state index in [-0.39, 0.29) is 5.78 Å². The lowest BCUT2D eigenvalue weighted by Crippen LogP contribution is -2.09. The lowest BCUT2D eigenvalue weighted by atomic mass is 10.0. The highest BCUT2D eigenvalue weighted by molar-refractivity contribution is 6.34. The fraction of sp³-hybridized carbons (Fsp3) is 0.133. The van der Waals surface area contributed by atoms with E-state index in [0.717, 1.165) is 5.56 Å². The van der Waals surface area contributed by atoms with Crippen LogP contribution in [0.5, 0.6) is 5.75 Å². The Kier molecular flexibility index (Phi) is 4.00. The summed E-state index contributed by atoms with van der Waals surface area (Å²) in [6.07, 6.45) is 0. The highest BCUT2D eigenvalue weighted by atomic mass is 35.5. The Hall–Kier alpha value is -1.80. The van der Waals surface area contributed by atoms with Gasteiger partial charge in [-0.1, -0.05) is 42.5 Å². The molecule has 0 radical (unpaired) electrons. The number of Topliss-reactive ketones (excluding diaryl/α,β-unsaturated/α-hetero) is 1. The molecule has 2 aromatic carbocycles. The van der Waals surface area contributed by atoms with Gasteiger partial charge in [0.05, 0.1) is 12.7 Å². The molecule has 1 unspecified atom stereocenters. The number of carbonyl (C=O) groups is 1. The first-order chi connectivity index (χ1) is 8.74. The fourth-order valence-electron chi connectivity index (χ4n) is 1.76. The monoisotopic (exact) mass is 260 g/mol. The molecule has 0 amide bonds. The third kappa shape index (κ3) is 2.54. The number of methoxy groups -OCH3 is 1. The Morgan fingerprint density at radius 3 is 2.33 bits per heavy atom. The molecule has 0 saturated carbocycles. The first-order valence-electron chi connectivity index (χ1n) is 5.60. The molecule has 0 aliphatic rings. The van der Waals surface area contributed by atoms with Crippen LogP contribution in [0.3, 0.4) is 0 Å². The van der Waals surface area contributed by atoms with Crippen molar-refractivity contribution in [3.8, 4) is 5.75 Å². The number of carbonyl (C=O) groups excluding carboxylic acids is 1. The normalized spacial score (nSPS) is 11.9. The molecule has 0 heterocycles. The zero-order valence-electron chi connectivity index (χ0n) is 9.97. The maximum Gasteiger partial charge on any atom is 0.188 e. The van der Waals surface area contributed by atoms with Crippen LogP contribution in [0.25, 0.3) is 0 Å². The number of alkyl halides is 1. The van der Waals surface area contributed by atoms with Gasteiger partial charge in [-0.2, -0.15) is 0 Å². The average molecular weight is 261 g/mol. The summed E-state index contributed by atoms with van der Waals surface area (Å²) in [7, 11) is 1.54. The number of ether oxygens (including phenoxy) is 1. The van der Waals surface area contributed by atoms with E-state index in [1.54, 1.807) is 18.2 Å². The van der Waals surface area contributed by atoms with Gasteiger partial charge in [-0.05, 0) is 17.7 Å². The summed E-state index contributed by atoms with van der Waals surface area (Å²) in [5.41, 5.74) is 1.29. The Balaban J connectivity index is 2.32. The predicted molar refractivity (Wildman–Crippen MR) is 72.4 cm³/mol. The van der Waals surface area contributed by atoms with Crippen molar-refractivity contribution >= 4 is 17.4 Å². The Morgan fingerprint density at radius 2 is 1.67 bits per heavy atom. The van der Waals surface area contributed by atoms with Gasteiger partial charge in [0, 0.05) is 0 Å². The van der Waals surface area contributed by atoms with Gasteiger partial charge in [0.1, 0.15) is 11.1 Å². The molecule has 3 heteroatoms. The van der Waals surface area contributed by atoms with E-state index in [2.05, 4.69) is 0 Å². The number of hydrogen-bond acceptors (Lipinski definition) is 2. The van der Waals surface area contributed by atoms with Crippen LogP contribution >= 0.6 is 11.6 Å². The topological polar surface area (TPSA) is 26.3 Å². The number of benzene rings is 2. The largest absolute Gasteiger partial charge is 0.496 e. The maximum atomic E-state index is 12.3. The molecule has 0 aromatic heterocycles. The third-order valence-electron chi connectivity index (χ3n) is 2.69. The third-order valence-corrected chi connectivity index (χ3v) is 3.15. The summed E-state index contributed by atoms with van der Waals surface area (Å²) in [5.74, 6) is 0.393. The van der Waals surface area contributed by atoms with Crippen LogP contribution in [0.15, 0.2) is 54.6 Å². The number of rotatable bonds is 4. The minimum atomic E-state index is -0.692. The van der Waals surface area contributed by atoms with Gasteiger partial charge in [0.15, 0.2) is 5.78 Å². The van der Waals surface area contributed by atoms with Crippen LogP contribution in [-0.4, -0.2) is 12.9 Å². The zero-order valence-corrected chi connectivity index (χ0v) is 10.7. The van der Waals surface area contributed by atoms with Crippen molar-refractivity contribution in [3.05, 3.63) is 65.7 Å². The Morgan fingerprint density at radius 1 is 1.06 bits per heavy atom. The smallest absolute Gasteiger partial charge is 0.188 e. The molecule has 2 nitrogen and oxygen atoms in total. The maximum absolute atomic E-state index is 12.3. The van der Waals surface area contributed by atoms with Crippen molar-refractivity contribution in [1.82, 2.24) is 0 Å². The minimum absolute atomic E-state index is 0.152. The van der Waals surface area contributed by atoms with Gasteiger partial charge in [0.25, 0.3) is 0 Å². The molecule has 0 bridgehead atoms. The predicted octanol–water partition coefficient (Wildman–Crippen LogP) is 3.86. The zero-order chi connectivity index (χ0) is 13.0. The summed E-state index contributed by atoms with van der Waals surface area (Å²) in [6.45, 7) is 0. The highest BCUT2D eigenvalue weighted by Gasteiger charge is 2.21. The van der Waals surface area contributed by atoms with Gasteiger partial charge < -0.3 is 4.74 Å². The van der Waals surface area contributed by atoms with Crippen LogP contribution in [-0.2, 0) is 0 Å². The van der Waals surface area contributed by atoms with E-state index in [1.165, 1.54) is 7.11 Å². The standard InChI is InChI=1S/C15H13ClO2/c1-18-13-10-6-5-9-12(13)15(17)14(16)11-7-3-2-4-8-11/h2-10,14H,1H3. The molecule has 0 saturated heterocycles. The first kappa shape index (κ1) is 12.7. The van der Waals surface area contributed by atoms with E-state index >= 15 is 0 Å². The molecule has 0 fully saturated rings. The summed E-state index contributed by atoms with van der Waals surface area (Å²) in [6, 6.07) is 16.4. The van der Waals surface area contributed by atoms with Crippen LogP contribution in [0.4, 0.5) is 0 Å². The second kappa shape index (κ2) is 5.69. The van der Waals surface area contributed by atoms with Crippen LogP contribution < -0.4 is 4.74 Å². The van der Waals surface area contributed by atoms with Crippen molar-refractivity contribution in [2.45, 2.75) is 5.38 Å². The molecular formula is C15H13ClO2. The molecular weight excluding hydrogens is 248 g/mol. The number of hydrogen-bond donors (Lipinski definition) is 0. The number of halogens is 1. The van der Waals surface area contributed by atoms with Crippen LogP contribution in [0.2, 0.25) is 0 Å². The Labute approximate surface area is 111 Å². The summed E-state index contributed by atoms with van der Waals surface area (Å²) in [4.78, 5) is 12.3. The minimum Gasteiger partial charge on any atom is -0.496 e. The van der Waals surface area contributed by atoms with Crippen molar-refractivity contribution in [3.63, 3.8) is 0 Å². The molecule has 18 heavy (non-hydrogen) atoms. The van der Waals surface area contributed by atoms with Crippen molar-refractivity contribution in [2.24, 2.45) is 0 Å². The van der Waals surface area contributed by atoms with Gasteiger partial charge >= 0.3 is 0 Å². The van der Waals surface area contributed by atoms with Crippen molar-refractivity contribution in [1.29, 1.82) is 0 Å². The summed E-state index contributed by atoms with van der Waals surface area (Å²) in [5, 5.41) is -0.692. The second-order valence-corrected chi connectivity index (χ2v) is 4.27. The van der Waals surface area contributed by atoms with Gasteiger partial charge in [-0.25, -0.2) is 0 Å². The number of ketones is 1. The summed E-state index contributed by atoms with van der Waals surface area (Å²) < 4.78 is 5.17. The van der Waals surface area contributed by atoms with Crippen molar-refractivity contribution < 1.29 is 9.53 Å². The Bertz CT molecular complexity index is 537. The van der Waals surface area contributed by atoms with Gasteiger partial charge in [-0.3, -0.25) is 4.79 Å². The molecule has 92 valence electrons. The first-order valence-corrected chi connectivity index (χ1v) is 6.04. The van der Waals surface area contributed by atoms with E-state index < -0.39 is 5.38 Å². The highest BCUT2D eigenvalue weighted by Crippen LogP contribution is 2.28. The fourth-order valence-corrected chi connectivity index (χ4v) is 2.02. The van der Waals surface area contributed by atoms with Crippen LogP contribution in [0, 0.1) is 0 Å². The van der Waals surface area contributed by atoms with E-state index in [0.29, 0.717) is 11.3 Å². The second-order valence-electron chi connectivity index (χ2n) is 3.84. The molecule has 0 aliphatic heterocycles. The number of para-hydroxylation sites is 1. The SMILES string of the molecule is COc1ccccc1C(=O)C(Cl)c1ccccc1. The molecule has 0 aliphatic carbocycles. The lowest BCUT2D eigenvalue weighted by molar-refractivity contribution is 0.0984. The van der Waals surface area contributed by atoms with Crippen molar-refractivity contribution in [2.75, 3.05) is 7.11 Å². The molecule has 1 atom stereocenters. The quantitative estimate of drug-likeness (QED) is 0.616. The molecule has 2 rings (SSSR count). The van der Waals surface area contributed by atoms with E-state index in [1.807, 2.05) is 36.4 Å². The molecule has 2 aromatic rings. The van der Waals surface area contributed by atoms with E-state index in [9.17, 15) is 4.79 Å². The van der Waals surface area contributed by atoms with Gasteiger partial charge in [-0.15, -0.1) is 11.6 Å². The van der Waals surface area contributed by atoms with E-state index in [4.69, 9.17) is 16.3 Å². The molecule has 0 N–H and O–H groups in total.